The highest BCUT2D eigenvalue weighted by Gasteiger charge is 2.53. The molecule has 0 aliphatic carbocycles. The van der Waals surface area contributed by atoms with Crippen molar-refractivity contribution in [2.24, 2.45) is 17.8 Å². The van der Waals surface area contributed by atoms with Crippen molar-refractivity contribution < 1.29 is 24.6 Å². The molecule has 7 heteroatoms. The van der Waals surface area contributed by atoms with E-state index in [9.17, 15) is 24.6 Å². The summed E-state index contributed by atoms with van der Waals surface area (Å²) in [7, 11) is 0. The van der Waals surface area contributed by atoms with Crippen molar-refractivity contribution in [2.75, 3.05) is 0 Å². The van der Waals surface area contributed by atoms with Crippen LogP contribution >= 0.6 is 0 Å². The van der Waals surface area contributed by atoms with Crippen LogP contribution in [0, 0.1) is 17.8 Å². The maximum Gasteiger partial charge on any atom is 0.334 e. The maximum atomic E-state index is 13.2. The van der Waals surface area contributed by atoms with Crippen molar-refractivity contribution in [3.8, 4) is 0 Å². The summed E-state index contributed by atoms with van der Waals surface area (Å²) in [6, 6.07) is -2.43. The monoisotopic (exact) mass is 384 g/mol. The minimum absolute atomic E-state index is 0.161. The molecule has 0 aromatic carbocycles. The van der Waals surface area contributed by atoms with Gasteiger partial charge in [-0.2, -0.15) is 0 Å². The van der Waals surface area contributed by atoms with Crippen LogP contribution in [0.1, 0.15) is 68.7 Å². The Morgan fingerprint density at radius 3 is 1.59 bits per heavy atom. The minimum atomic E-state index is -1.32. The van der Waals surface area contributed by atoms with Crippen molar-refractivity contribution in [3.05, 3.63) is 0 Å². The molecule has 1 rings (SSSR count). The Bertz CT molecular complexity index is 599. The summed E-state index contributed by atoms with van der Waals surface area (Å²) in [6.07, 6.45) is 0.671. The number of rotatable bonds is 7. The van der Waals surface area contributed by atoms with E-state index in [2.05, 4.69) is 0 Å². The molecule has 1 saturated heterocycles. The zero-order chi connectivity index (χ0) is 21.5. The number of amides is 4. The fraction of sp³-hybridized carbons (Fsp3) is 0.850. The molecule has 6 atom stereocenters. The fourth-order valence-electron chi connectivity index (χ4n) is 3.37. The van der Waals surface area contributed by atoms with E-state index in [1.165, 1.54) is 6.92 Å². The van der Waals surface area contributed by atoms with Gasteiger partial charge >= 0.3 is 6.03 Å². The van der Waals surface area contributed by atoms with E-state index in [0.717, 1.165) is 9.80 Å². The highest BCUT2D eigenvalue weighted by Crippen LogP contribution is 2.34. The third-order valence-electron chi connectivity index (χ3n) is 6.87. The zero-order valence-electron chi connectivity index (χ0n) is 18.1. The third-order valence-corrected chi connectivity index (χ3v) is 6.87. The highest BCUT2D eigenvalue weighted by atomic mass is 16.3. The van der Waals surface area contributed by atoms with Gasteiger partial charge in [0, 0.05) is 0 Å². The zero-order valence-corrected chi connectivity index (χ0v) is 18.1. The van der Waals surface area contributed by atoms with Gasteiger partial charge in [0.15, 0.2) is 0 Å². The number of hydrogen-bond acceptors (Lipinski definition) is 5. The van der Waals surface area contributed by atoms with Crippen LogP contribution in [0.3, 0.4) is 0 Å². The second-order valence-electron chi connectivity index (χ2n) is 8.69. The molecule has 0 aromatic heterocycles. The molecule has 1 aliphatic heterocycles. The van der Waals surface area contributed by atoms with Crippen LogP contribution in [-0.4, -0.2) is 61.1 Å². The summed E-state index contributed by atoms with van der Waals surface area (Å²) >= 11 is 0. The molecular formula is C20H36N2O5. The van der Waals surface area contributed by atoms with E-state index in [-0.39, 0.29) is 11.8 Å². The maximum absolute atomic E-state index is 13.2. The molecular weight excluding hydrogens is 348 g/mol. The second-order valence-corrected chi connectivity index (χ2v) is 8.69. The van der Waals surface area contributed by atoms with Crippen LogP contribution in [0.15, 0.2) is 0 Å². The van der Waals surface area contributed by atoms with E-state index in [0.29, 0.717) is 6.42 Å². The van der Waals surface area contributed by atoms with Crippen LogP contribution < -0.4 is 0 Å². The Balaban J connectivity index is 3.38. The van der Waals surface area contributed by atoms with Crippen molar-refractivity contribution in [3.63, 3.8) is 0 Å². The van der Waals surface area contributed by atoms with Crippen molar-refractivity contribution in [1.29, 1.82) is 0 Å². The number of barbiturate groups is 1. The normalized spacial score (nSPS) is 26.7. The average Bonchev–Trinajstić information content (AvgIpc) is 2.58. The smallest absolute Gasteiger partial charge is 0.334 e. The quantitative estimate of drug-likeness (QED) is 0.657. The van der Waals surface area contributed by atoms with Gasteiger partial charge in [0.2, 0.25) is 11.8 Å². The Morgan fingerprint density at radius 2 is 1.26 bits per heavy atom. The summed E-state index contributed by atoms with van der Waals surface area (Å²) in [6.45, 7) is 15.2. The molecule has 0 spiro atoms. The summed E-state index contributed by atoms with van der Waals surface area (Å²) in [4.78, 5) is 40.7. The van der Waals surface area contributed by atoms with Gasteiger partial charge in [-0.05, 0) is 46.5 Å². The van der Waals surface area contributed by atoms with Crippen LogP contribution in [-0.2, 0) is 9.59 Å². The standard InChI is InChI=1S/C20H36N2O5/c1-10-12(4)20(9,27)15(7)22-17(24)13(5)16(23)21(18(22)25)14(6)19(8,26)11(2)3/h11-15,26-27H,10H2,1-9H3. The van der Waals surface area contributed by atoms with Crippen molar-refractivity contribution in [2.45, 2.75) is 92.0 Å². The predicted octanol–water partition coefficient (Wildman–Crippen LogP) is 2.39. The van der Waals surface area contributed by atoms with Gasteiger partial charge in [0.25, 0.3) is 0 Å². The fourth-order valence-corrected chi connectivity index (χ4v) is 3.37. The third kappa shape index (κ3) is 3.90. The Kier molecular flexibility index (Phi) is 6.87. The molecule has 27 heavy (non-hydrogen) atoms. The lowest BCUT2D eigenvalue weighted by Gasteiger charge is -2.48. The average molecular weight is 385 g/mol. The first-order valence-corrected chi connectivity index (χ1v) is 9.78. The van der Waals surface area contributed by atoms with Crippen molar-refractivity contribution in [1.82, 2.24) is 9.80 Å². The molecule has 7 nitrogen and oxygen atoms in total. The Labute approximate surface area is 162 Å². The molecule has 6 unspecified atom stereocenters. The van der Waals surface area contributed by atoms with E-state index < -0.39 is 47.0 Å². The number of carbonyl (C=O) groups excluding carboxylic acids is 3. The number of nitrogens with zero attached hydrogens (tertiary/aromatic N) is 2. The van der Waals surface area contributed by atoms with Gasteiger partial charge in [-0.1, -0.05) is 34.1 Å². The topological polar surface area (TPSA) is 98.2 Å². The van der Waals surface area contributed by atoms with Gasteiger partial charge in [-0.15, -0.1) is 0 Å². The molecule has 1 fully saturated rings. The number of carbonyl (C=O) groups is 3. The van der Waals surface area contributed by atoms with Crippen molar-refractivity contribution >= 4 is 17.8 Å². The second kappa shape index (κ2) is 7.87. The van der Waals surface area contributed by atoms with E-state index in [1.54, 1.807) is 41.5 Å². The Hall–Kier alpha value is -1.47. The summed E-state index contributed by atoms with van der Waals surface area (Å²) in [5.41, 5.74) is -2.63. The molecule has 0 radical (unpaired) electrons. The predicted molar refractivity (Wildman–Crippen MR) is 103 cm³/mol. The largest absolute Gasteiger partial charge is 0.388 e. The van der Waals surface area contributed by atoms with Crippen LogP contribution in [0.2, 0.25) is 0 Å². The van der Waals surface area contributed by atoms with Crippen LogP contribution in [0.25, 0.3) is 0 Å². The van der Waals surface area contributed by atoms with Gasteiger partial charge < -0.3 is 10.2 Å². The molecule has 0 aromatic rings. The summed E-state index contributed by atoms with van der Waals surface area (Å²) in [5.74, 6) is -2.66. The number of imide groups is 2. The molecule has 156 valence electrons. The lowest BCUT2D eigenvalue weighted by molar-refractivity contribution is -0.161. The lowest BCUT2D eigenvalue weighted by atomic mass is 9.81. The molecule has 2 N–H and O–H groups in total. The highest BCUT2D eigenvalue weighted by molar-refractivity contribution is 6.16. The summed E-state index contributed by atoms with van der Waals surface area (Å²) in [5, 5.41) is 21.8. The van der Waals surface area contributed by atoms with Gasteiger partial charge in [-0.25, -0.2) is 4.79 Å². The van der Waals surface area contributed by atoms with Gasteiger partial charge in [-0.3, -0.25) is 19.4 Å². The lowest BCUT2D eigenvalue weighted by Crippen LogP contribution is -2.69. The van der Waals surface area contributed by atoms with Crippen LogP contribution in [0.5, 0.6) is 0 Å². The van der Waals surface area contributed by atoms with E-state index >= 15 is 0 Å². The first-order chi connectivity index (χ1) is 12.1. The SMILES string of the molecule is CCC(C)C(C)(O)C(C)N1C(=O)C(C)C(=O)N(C(C)C(C)(O)C(C)C)C1=O. The van der Waals surface area contributed by atoms with Crippen LogP contribution in [0.4, 0.5) is 4.79 Å². The molecule has 1 aliphatic rings. The molecule has 4 amide bonds. The molecule has 0 saturated carbocycles. The minimum Gasteiger partial charge on any atom is -0.388 e. The molecule has 0 bridgehead atoms. The first-order valence-electron chi connectivity index (χ1n) is 9.78. The van der Waals surface area contributed by atoms with E-state index in [4.69, 9.17) is 0 Å². The number of hydrogen-bond donors (Lipinski definition) is 2. The summed E-state index contributed by atoms with van der Waals surface area (Å²) < 4.78 is 0. The Morgan fingerprint density at radius 1 is 0.889 bits per heavy atom. The number of aliphatic hydroxyl groups is 2. The van der Waals surface area contributed by atoms with Gasteiger partial charge in [0.05, 0.1) is 23.3 Å². The van der Waals surface area contributed by atoms with Gasteiger partial charge in [0.1, 0.15) is 5.92 Å². The van der Waals surface area contributed by atoms with E-state index in [1.807, 2.05) is 13.8 Å². The number of urea groups is 1. The first kappa shape index (κ1) is 23.6. The molecule has 1 heterocycles.